The van der Waals surface area contributed by atoms with Crippen molar-refractivity contribution >= 4 is 29.6 Å². The summed E-state index contributed by atoms with van der Waals surface area (Å²) in [6.07, 6.45) is 25.7. The van der Waals surface area contributed by atoms with Gasteiger partial charge in [0.2, 0.25) is 0 Å². The second-order valence-electron chi connectivity index (χ2n) is 13.7. The summed E-state index contributed by atoms with van der Waals surface area (Å²) < 4.78 is 0. The fourth-order valence-electron chi connectivity index (χ4n) is 9.89. The first kappa shape index (κ1) is 28.0. The molecule has 0 aromatic heterocycles. The Morgan fingerprint density at radius 1 is 0.511 bits per heavy atom. The van der Waals surface area contributed by atoms with E-state index in [1.54, 1.807) is 0 Å². The summed E-state index contributed by atoms with van der Waals surface area (Å²) in [4.78, 5) is 0. The number of hydrogen-bond donors (Lipinski definition) is 0. The fraction of sp³-hybridized carbons (Fsp3) is 0.182. The van der Waals surface area contributed by atoms with Crippen molar-refractivity contribution in [1.82, 2.24) is 0 Å². The van der Waals surface area contributed by atoms with Crippen LogP contribution in [0.4, 0.5) is 0 Å². The van der Waals surface area contributed by atoms with Gasteiger partial charge in [-0.25, -0.2) is 0 Å². The van der Waals surface area contributed by atoms with Crippen LogP contribution in [0.3, 0.4) is 0 Å². The molecule has 8 rings (SSSR count). The van der Waals surface area contributed by atoms with Crippen LogP contribution in [0.5, 0.6) is 0 Å². The molecule has 0 saturated heterocycles. The Morgan fingerprint density at radius 3 is 1.40 bits per heavy atom. The third-order valence-corrected chi connectivity index (χ3v) is 17.0. The van der Waals surface area contributed by atoms with Gasteiger partial charge >= 0.3 is 0 Å². The number of hydrogen-bond acceptors (Lipinski definition) is 0. The molecule has 4 aromatic carbocycles. The van der Waals surface area contributed by atoms with Crippen LogP contribution in [0.25, 0.3) is 21.5 Å². The quantitative estimate of drug-likeness (QED) is 0.206. The maximum atomic E-state index is 2.72. The van der Waals surface area contributed by atoms with Crippen molar-refractivity contribution < 1.29 is 0 Å². The van der Waals surface area contributed by atoms with Crippen LogP contribution in [-0.2, 0) is 10.1 Å². The molecule has 4 aliphatic rings. The van der Waals surface area contributed by atoms with E-state index in [1.807, 2.05) is 0 Å². The van der Waals surface area contributed by atoms with Crippen LogP contribution in [-0.4, -0.2) is 8.07 Å². The Balaban J connectivity index is 1.57. The third kappa shape index (κ3) is 3.65. The van der Waals surface area contributed by atoms with Gasteiger partial charge in [-0.05, 0) is 81.7 Å². The smallest absolute Gasteiger partial charge is 0.0801 e. The Kier molecular flexibility index (Phi) is 6.41. The molecule has 220 valence electrons. The SMILES string of the molecule is CC1=CC2=C(C=CC=CC2)C1(c1cccc2ccccc12)[Si](C)(C)C1(c2cccc3ccccc23)C(C)=CC2=C1C=CC=CC2. The minimum atomic E-state index is -2.65. The van der Waals surface area contributed by atoms with Gasteiger partial charge in [0, 0.05) is 10.1 Å². The van der Waals surface area contributed by atoms with Crippen LogP contribution in [0.15, 0.2) is 179 Å². The van der Waals surface area contributed by atoms with E-state index < -0.39 is 8.07 Å². The summed E-state index contributed by atoms with van der Waals surface area (Å²) in [7, 11) is -2.65. The van der Waals surface area contributed by atoms with Crippen LogP contribution < -0.4 is 0 Å². The molecule has 0 aliphatic heterocycles. The molecule has 2 atom stereocenters. The maximum absolute atomic E-state index is 2.72. The molecule has 1 heteroatoms. The molecule has 0 saturated carbocycles. The minimum absolute atomic E-state index is 0.270. The average molecular weight is 597 g/mol. The molecule has 4 aromatic rings. The molecule has 0 fully saturated rings. The lowest BCUT2D eigenvalue weighted by Gasteiger charge is -2.58. The highest BCUT2D eigenvalue weighted by Gasteiger charge is 2.66. The zero-order chi connectivity index (χ0) is 30.8. The lowest BCUT2D eigenvalue weighted by Crippen LogP contribution is -2.66. The van der Waals surface area contributed by atoms with Crippen molar-refractivity contribution in [3.63, 3.8) is 0 Å². The van der Waals surface area contributed by atoms with E-state index in [-0.39, 0.29) is 10.1 Å². The van der Waals surface area contributed by atoms with Crippen molar-refractivity contribution in [3.05, 3.63) is 190 Å². The summed E-state index contributed by atoms with van der Waals surface area (Å²) in [6.45, 7) is 10.3. The van der Waals surface area contributed by atoms with E-state index in [4.69, 9.17) is 0 Å². The zero-order valence-corrected chi connectivity index (χ0v) is 27.8. The summed E-state index contributed by atoms with van der Waals surface area (Å²) in [5.74, 6) is 0. The number of fused-ring (bicyclic) bond motifs is 2. The van der Waals surface area contributed by atoms with Crippen LogP contribution in [0, 0.1) is 0 Å². The van der Waals surface area contributed by atoms with E-state index in [1.165, 1.54) is 66.1 Å². The maximum Gasteiger partial charge on any atom is 0.0908 e. The van der Waals surface area contributed by atoms with E-state index in [2.05, 4.69) is 173 Å². The number of benzene rings is 4. The molecule has 0 bridgehead atoms. The predicted molar refractivity (Wildman–Crippen MR) is 196 cm³/mol. The van der Waals surface area contributed by atoms with E-state index in [9.17, 15) is 0 Å². The number of rotatable bonds is 4. The number of allylic oxidation sites excluding steroid dienone is 16. The lowest BCUT2D eigenvalue weighted by molar-refractivity contribution is 0.721. The Labute approximate surface area is 268 Å². The van der Waals surface area contributed by atoms with Gasteiger partial charge in [-0.15, -0.1) is 0 Å². The Morgan fingerprint density at radius 2 is 0.933 bits per heavy atom. The molecule has 0 N–H and O–H groups in total. The molecule has 0 radical (unpaired) electrons. The zero-order valence-electron chi connectivity index (χ0n) is 26.8. The van der Waals surface area contributed by atoms with Gasteiger partial charge in [-0.3, -0.25) is 0 Å². The molecule has 2 unspecified atom stereocenters. The third-order valence-electron chi connectivity index (χ3n) is 11.4. The first-order chi connectivity index (χ1) is 21.9. The molecule has 0 amide bonds. The summed E-state index contributed by atoms with van der Waals surface area (Å²) >= 11 is 0. The van der Waals surface area contributed by atoms with Gasteiger partial charge in [-0.1, -0.05) is 170 Å². The summed E-state index contributed by atoms with van der Waals surface area (Å²) in [5, 5.41) is 4.82. The largest absolute Gasteiger partial charge is 0.0908 e. The van der Waals surface area contributed by atoms with Gasteiger partial charge in [0.25, 0.3) is 0 Å². The predicted octanol–water partition coefficient (Wildman–Crippen LogP) is 11.5. The second-order valence-corrected chi connectivity index (χ2v) is 18.4. The van der Waals surface area contributed by atoms with Gasteiger partial charge in [0.15, 0.2) is 0 Å². The van der Waals surface area contributed by atoms with E-state index in [0.717, 1.165) is 12.8 Å². The monoisotopic (exact) mass is 596 g/mol. The molecule has 0 heterocycles. The molecular weight excluding hydrogens is 557 g/mol. The first-order valence-corrected chi connectivity index (χ1v) is 19.4. The standard InChI is InChI=1S/C44H40Si/c1-31-29-35-19-7-5-9-25-39(35)43(31,41-27-15-21-33-17-11-13-23-37(33)41)45(3,4)44(32(2)30-36-20-8-6-10-26-40(36)44)42-28-16-22-34-18-12-14-24-38(34)42/h5-18,21-30H,19-20H2,1-4H3. The van der Waals surface area contributed by atoms with Gasteiger partial charge < -0.3 is 0 Å². The highest BCUT2D eigenvalue weighted by Crippen LogP contribution is 2.65. The van der Waals surface area contributed by atoms with Crippen molar-refractivity contribution in [2.75, 3.05) is 0 Å². The topological polar surface area (TPSA) is 0 Å². The van der Waals surface area contributed by atoms with E-state index >= 15 is 0 Å². The Hall–Kier alpha value is -4.46. The van der Waals surface area contributed by atoms with Gasteiger partial charge in [-0.2, -0.15) is 0 Å². The highest BCUT2D eigenvalue weighted by molar-refractivity contribution is 6.86. The second kappa shape index (κ2) is 10.3. The van der Waals surface area contributed by atoms with E-state index in [0.29, 0.717) is 0 Å². The van der Waals surface area contributed by atoms with Crippen molar-refractivity contribution in [2.45, 2.75) is 49.9 Å². The first-order valence-electron chi connectivity index (χ1n) is 16.4. The van der Waals surface area contributed by atoms with Gasteiger partial charge in [0.05, 0.1) is 8.07 Å². The van der Waals surface area contributed by atoms with Crippen LogP contribution in [0.2, 0.25) is 13.1 Å². The molecule has 0 nitrogen and oxygen atoms in total. The lowest BCUT2D eigenvalue weighted by atomic mass is 9.82. The summed E-state index contributed by atoms with van der Waals surface area (Å²) in [5.41, 5.74) is 11.8. The normalized spacial score (nSPS) is 24.2. The van der Waals surface area contributed by atoms with Crippen molar-refractivity contribution in [1.29, 1.82) is 0 Å². The highest BCUT2D eigenvalue weighted by atomic mass is 28.3. The molecule has 0 spiro atoms. The van der Waals surface area contributed by atoms with Crippen molar-refractivity contribution in [2.24, 2.45) is 0 Å². The molecular formula is C44H40Si. The van der Waals surface area contributed by atoms with Crippen molar-refractivity contribution in [3.8, 4) is 0 Å². The molecule has 45 heavy (non-hydrogen) atoms. The summed E-state index contributed by atoms with van der Waals surface area (Å²) in [6, 6.07) is 32.2. The fourth-order valence-corrected chi connectivity index (χ4v) is 16.2. The van der Waals surface area contributed by atoms with Crippen LogP contribution >= 0.6 is 0 Å². The average Bonchev–Trinajstić information content (AvgIpc) is 3.24. The Bertz CT molecular complexity index is 1990. The van der Waals surface area contributed by atoms with Gasteiger partial charge in [0.1, 0.15) is 0 Å². The molecule has 4 aliphatic carbocycles. The van der Waals surface area contributed by atoms with Crippen LogP contribution in [0.1, 0.15) is 37.8 Å². The minimum Gasteiger partial charge on any atom is -0.0801 e.